The Balaban J connectivity index is 0.00000274. The predicted molar refractivity (Wildman–Crippen MR) is 135 cm³/mol. The van der Waals surface area contributed by atoms with Crippen LogP contribution in [0.2, 0.25) is 5.02 Å². The van der Waals surface area contributed by atoms with Crippen LogP contribution < -0.4 is 5.32 Å². The van der Waals surface area contributed by atoms with Crippen LogP contribution in [-0.4, -0.2) is 16.8 Å². The Morgan fingerprint density at radius 1 is 0.971 bits per heavy atom. The van der Waals surface area contributed by atoms with Gasteiger partial charge in [0, 0.05) is 42.1 Å². The third kappa shape index (κ3) is 4.88. The second kappa shape index (κ2) is 10.3. The van der Waals surface area contributed by atoms with Crippen molar-refractivity contribution in [2.45, 2.75) is 38.3 Å². The highest BCUT2D eigenvalue weighted by molar-refractivity contribution is 6.35. The van der Waals surface area contributed by atoms with Crippen LogP contribution in [0.25, 0.3) is 22.0 Å². The molecule has 2 N–H and O–H groups in total. The smallest absolute Gasteiger partial charge is 0.162 e. The first-order valence-corrected chi connectivity index (χ1v) is 11.5. The predicted octanol–water partition coefficient (Wildman–Crippen LogP) is 7.26. The first-order valence-electron chi connectivity index (χ1n) is 11.1. The number of carbonyl (C=O) groups excluding carboxylic acids is 1. The standard InChI is InChI=1S/C27H23ClF2N2O.ClH/c28-23-13-12-21(16-4-8-18(29)9-5-16)26-22-15-31-20(14-24(22)32-27(23)26)2-1-3-25(33)17-6-10-19(30)11-7-17;/h4-13,20,31-32H,1-3,14-15H2;1H. The van der Waals surface area contributed by atoms with E-state index in [9.17, 15) is 13.6 Å². The van der Waals surface area contributed by atoms with Gasteiger partial charge in [0.2, 0.25) is 0 Å². The number of halogens is 4. The normalized spacial score (nSPS) is 15.1. The number of nitrogens with one attached hydrogen (secondary N) is 2. The Kier molecular flexibility index (Phi) is 7.36. The highest BCUT2D eigenvalue weighted by Crippen LogP contribution is 2.38. The number of ketones is 1. The van der Waals surface area contributed by atoms with Crippen molar-refractivity contribution in [3.05, 3.63) is 94.1 Å². The SMILES string of the molecule is Cl.O=C(CCCC1Cc2[nH]c3c(Cl)ccc(-c4ccc(F)cc4)c3c2CN1)c1ccc(F)cc1. The molecule has 3 aromatic carbocycles. The quantitative estimate of drug-likeness (QED) is 0.273. The van der Waals surface area contributed by atoms with Crippen molar-refractivity contribution in [3.63, 3.8) is 0 Å². The maximum absolute atomic E-state index is 13.4. The summed E-state index contributed by atoms with van der Waals surface area (Å²) >= 11 is 6.51. The zero-order valence-electron chi connectivity index (χ0n) is 18.3. The molecular weight excluding hydrogens is 477 g/mol. The van der Waals surface area contributed by atoms with E-state index in [1.165, 1.54) is 42.0 Å². The van der Waals surface area contributed by atoms with E-state index in [2.05, 4.69) is 10.3 Å². The van der Waals surface area contributed by atoms with Crippen LogP contribution in [0.5, 0.6) is 0 Å². The Bertz CT molecular complexity index is 1320. The van der Waals surface area contributed by atoms with Gasteiger partial charge in [0.15, 0.2) is 5.78 Å². The van der Waals surface area contributed by atoms with Gasteiger partial charge in [0.25, 0.3) is 0 Å². The lowest BCUT2D eigenvalue weighted by atomic mass is 9.93. The summed E-state index contributed by atoms with van der Waals surface area (Å²) in [5.74, 6) is -0.565. The second-order valence-corrected chi connectivity index (χ2v) is 8.95. The number of H-pyrrole nitrogens is 1. The minimum Gasteiger partial charge on any atom is -0.357 e. The zero-order chi connectivity index (χ0) is 22.9. The molecule has 176 valence electrons. The van der Waals surface area contributed by atoms with Crippen LogP contribution in [0.3, 0.4) is 0 Å². The van der Waals surface area contributed by atoms with Gasteiger partial charge in [-0.2, -0.15) is 0 Å². The van der Waals surface area contributed by atoms with E-state index >= 15 is 0 Å². The molecule has 7 heteroatoms. The molecule has 0 bridgehead atoms. The van der Waals surface area contributed by atoms with Gasteiger partial charge in [-0.25, -0.2) is 8.78 Å². The van der Waals surface area contributed by atoms with Crippen molar-refractivity contribution >= 4 is 40.7 Å². The number of fused-ring (bicyclic) bond motifs is 3. The molecule has 5 rings (SSSR count). The van der Waals surface area contributed by atoms with E-state index in [0.717, 1.165) is 47.0 Å². The zero-order valence-corrected chi connectivity index (χ0v) is 19.9. The van der Waals surface area contributed by atoms with Gasteiger partial charge < -0.3 is 10.3 Å². The molecule has 0 aliphatic carbocycles. The fourth-order valence-corrected chi connectivity index (χ4v) is 4.89. The van der Waals surface area contributed by atoms with Crippen LogP contribution in [-0.2, 0) is 13.0 Å². The lowest BCUT2D eigenvalue weighted by molar-refractivity contribution is 0.0978. The summed E-state index contributed by atoms with van der Waals surface area (Å²) in [5.41, 5.74) is 5.75. The van der Waals surface area contributed by atoms with E-state index in [1.54, 1.807) is 12.1 Å². The third-order valence-electron chi connectivity index (χ3n) is 6.39. The molecule has 0 radical (unpaired) electrons. The maximum atomic E-state index is 13.4. The van der Waals surface area contributed by atoms with Crippen molar-refractivity contribution in [1.82, 2.24) is 10.3 Å². The summed E-state index contributed by atoms with van der Waals surface area (Å²) in [5, 5.41) is 5.33. The minimum atomic E-state index is -0.338. The number of carbonyl (C=O) groups is 1. The maximum Gasteiger partial charge on any atom is 0.162 e. The molecule has 1 aliphatic rings. The average molecular weight is 501 g/mol. The van der Waals surface area contributed by atoms with Crippen molar-refractivity contribution in [1.29, 1.82) is 0 Å². The van der Waals surface area contributed by atoms with E-state index < -0.39 is 0 Å². The van der Waals surface area contributed by atoms with Gasteiger partial charge >= 0.3 is 0 Å². The summed E-state index contributed by atoms with van der Waals surface area (Å²) < 4.78 is 26.5. The number of benzene rings is 3. The van der Waals surface area contributed by atoms with Crippen LogP contribution in [0.4, 0.5) is 8.78 Å². The van der Waals surface area contributed by atoms with Gasteiger partial charge in [-0.05, 0) is 72.0 Å². The molecule has 34 heavy (non-hydrogen) atoms. The molecule has 4 aromatic rings. The summed E-state index contributed by atoms with van der Waals surface area (Å²) in [6.07, 6.45) is 2.86. The van der Waals surface area contributed by atoms with Crippen LogP contribution >= 0.6 is 24.0 Å². The molecule has 3 nitrogen and oxygen atoms in total. The second-order valence-electron chi connectivity index (χ2n) is 8.54. The third-order valence-corrected chi connectivity index (χ3v) is 6.71. The van der Waals surface area contributed by atoms with Crippen LogP contribution in [0, 0.1) is 11.6 Å². The van der Waals surface area contributed by atoms with Crippen molar-refractivity contribution in [3.8, 4) is 11.1 Å². The molecule has 0 amide bonds. The lowest BCUT2D eigenvalue weighted by Gasteiger charge is -2.24. The van der Waals surface area contributed by atoms with Gasteiger partial charge in [-0.3, -0.25) is 4.79 Å². The van der Waals surface area contributed by atoms with Crippen molar-refractivity contribution in [2.75, 3.05) is 0 Å². The molecule has 0 saturated carbocycles. The Morgan fingerprint density at radius 2 is 1.65 bits per heavy atom. The van der Waals surface area contributed by atoms with Gasteiger partial charge in [0.05, 0.1) is 10.5 Å². The fraction of sp³-hybridized carbons (Fsp3) is 0.222. The van der Waals surface area contributed by atoms with Gasteiger partial charge in [0.1, 0.15) is 11.6 Å². The van der Waals surface area contributed by atoms with Crippen LogP contribution in [0.15, 0.2) is 60.7 Å². The number of Topliss-reactive ketones (excluding diaryl/α,β-unsaturated/α-hetero) is 1. The van der Waals surface area contributed by atoms with E-state index in [0.29, 0.717) is 23.6 Å². The fourth-order valence-electron chi connectivity index (χ4n) is 4.69. The average Bonchev–Trinajstić information content (AvgIpc) is 3.20. The highest BCUT2D eigenvalue weighted by atomic mass is 35.5. The van der Waals surface area contributed by atoms with E-state index in [1.807, 2.05) is 12.1 Å². The molecule has 1 aromatic heterocycles. The monoisotopic (exact) mass is 500 g/mol. The molecule has 0 saturated heterocycles. The molecule has 1 atom stereocenters. The molecular formula is C27H24Cl2F2N2O. The first-order chi connectivity index (χ1) is 16.0. The molecule has 1 unspecified atom stereocenters. The molecule has 0 fully saturated rings. The number of hydrogen-bond acceptors (Lipinski definition) is 2. The Labute approximate surface area is 207 Å². The topological polar surface area (TPSA) is 44.9 Å². The summed E-state index contributed by atoms with van der Waals surface area (Å²) in [4.78, 5) is 15.9. The molecule has 1 aliphatic heterocycles. The Morgan fingerprint density at radius 3 is 2.35 bits per heavy atom. The number of hydrogen-bond donors (Lipinski definition) is 2. The number of rotatable bonds is 6. The van der Waals surface area contributed by atoms with Gasteiger partial charge in [-0.1, -0.05) is 29.8 Å². The highest BCUT2D eigenvalue weighted by Gasteiger charge is 2.24. The van der Waals surface area contributed by atoms with E-state index in [-0.39, 0.29) is 35.9 Å². The Hall–Kier alpha value is -2.73. The van der Waals surface area contributed by atoms with Crippen LogP contribution in [0.1, 0.15) is 40.9 Å². The lowest BCUT2D eigenvalue weighted by Crippen LogP contribution is -2.35. The summed E-state index contributed by atoms with van der Waals surface area (Å²) in [6, 6.07) is 16.3. The van der Waals surface area contributed by atoms with Gasteiger partial charge in [-0.15, -0.1) is 12.4 Å². The minimum absolute atomic E-state index is 0. The largest absolute Gasteiger partial charge is 0.357 e. The van der Waals surface area contributed by atoms with Crippen molar-refractivity contribution < 1.29 is 13.6 Å². The number of aromatic amines is 1. The number of aromatic nitrogens is 1. The molecule has 0 spiro atoms. The van der Waals surface area contributed by atoms with E-state index in [4.69, 9.17) is 11.6 Å². The van der Waals surface area contributed by atoms with Crippen molar-refractivity contribution in [2.24, 2.45) is 0 Å². The first kappa shape index (κ1) is 24.4. The summed E-state index contributed by atoms with van der Waals surface area (Å²) in [7, 11) is 0. The summed E-state index contributed by atoms with van der Waals surface area (Å²) in [6.45, 7) is 0.695. The molecule has 2 heterocycles.